The molecule has 0 atom stereocenters. The molecule has 3 heteroatoms. The second kappa shape index (κ2) is 5.19. The number of phenolic OH excluding ortho intramolecular Hbond substituents is 2. The summed E-state index contributed by atoms with van der Waals surface area (Å²) < 4.78 is 0. The van der Waals surface area contributed by atoms with E-state index in [0.29, 0.717) is 0 Å². The van der Waals surface area contributed by atoms with Gasteiger partial charge >= 0.3 is 0 Å². The van der Waals surface area contributed by atoms with Crippen LogP contribution < -0.4 is 0 Å². The van der Waals surface area contributed by atoms with Crippen molar-refractivity contribution in [2.45, 2.75) is 0 Å². The SMILES string of the molecule is O=C(/C=C/c1ccc(O)cc1)c1cc[c]cc1O. The number of ketones is 1. The first-order chi connectivity index (χ1) is 8.66. The normalized spacial score (nSPS) is 10.7. The largest absolute Gasteiger partial charge is 0.508 e. The maximum Gasteiger partial charge on any atom is 0.189 e. The molecule has 89 valence electrons. The zero-order valence-electron chi connectivity index (χ0n) is 9.50. The van der Waals surface area contributed by atoms with E-state index in [9.17, 15) is 9.90 Å². The van der Waals surface area contributed by atoms with Crippen LogP contribution in [0.25, 0.3) is 6.08 Å². The van der Waals surface area contributed by atoms with E-state index >= 15 is 0 Å². The van der Waals surface area contributed by atoms with E-state index in [1.165, 1.54) is 18.2 Å². The van der Waals surface area contributed by atoms with Crippen molar-refractivity contribution in [1.29, 1.82) is 0 Å². The summed E-state index contributed by atoms with van der Waals surface area (Å²) in [6, 6.07) is 13.6. The predicted octanol–water partition coefficient (Wildman–Crippen LogP) is 2.79. The molecule has 0 amide bonds. The fourth-order valence-corrected chi connectivity index (χ4v) is 1.48. The number of hydrogen-bond acceptors (Lipinski definition) is 3. The van der Waals surface area contributed by atoms with Crippen LogP contribution in [0, 0.1) is 6.07 Å². The second-order valence-electron chi connectivity index (χ2n) is 3.73. The van der Waals surface area contributed by atoms with E-state index in [2.05, 4.69) is 6.07 Å². The molecule has 18 heavy (non-hydrogen) atoms. The van der Waals surface area contributed by atoms with Crippen molar-refractivity contribution < 1.29 is 15.0 Å². The molecule has 0 aliphatic carbocycles. The number of hydrogen-bond donors (Lipinski definition) is 2. The Kier molecular flexibility index (Phi) is 3.44. The molecule has 0 unspecified atom stereocenters. The lowest BCUT2D eigenvalue weighted by atomic mass is 10.1. The summed E-state index contributed by atoms with van der Waals surface area (Å²) in [6.07, 6.45) is 3.00. The van der Waals surface area contributed by atoms with Gasteiger partial charge in [-0.25, -0.2) is 0 Å². The molecule has 2 aromatic rings. The monoisotopic (exact) mass is 239 g/mol. The molecule has 0 aliphatic rings. The Balaban J connectivity index is 2.17. The van der Waals surface area contributed by atoms with Crippen LogP contribution in [0.1, 0.15) is 15.9 Å². The second-order valence-corrected chi connectivity index (χ2v) is 3.73. The molecule has 0 fully saturated rings. The molecular formula is C15H11O3. The van der Waals surface area contributed by atoms with Crippen molar-refractivity contribution >= 4 is 11.9 Å². The lowest BCUT2D eigenvalue weighted by molar-refractivity contribution is 0.104. The average Bonchev–Trinajstić information content (AvgIpc) is 2.38. The van der Waals surface area contributed by atoms with Gasteiger partial charge in [0, 0.05) is 0 Å². The van der Waals surface area contributed by atoms with Gasteiger partial charge in [-0.1, -0.05) is 24.3 Å². The van der Waals surface area contributed by atoms with E-state index in [0.717, 1.165) is 5.56 Å². The summed E-state index contributed by atoms with van der Waals surface area (Å²) in [5, 5.41) is 18.6. The van der Waals surface area contributed by atoms with Gasteiger partial charge in [-0.3, -0.25) is 4.79 Å². The summed E-state index contributed by atoms with van der Waals surface area (Å²) >= 11 is 0. The van der Waals surface area contributed by atoms with Gasteiger partial charge in [-0.2, -0.15) is 0 Å². The molecule has 0 spiro atoms. The number of carbonyl (C=O) groups is 1. The van der Waals surface area contributed by atoms with Crippen LogP contribution in [0.15, 0.2) is 48.5 Å². The molecule has 0 aliphatic heterocycles. The van der Waals surface area contributed by atoms with E-state index < -0.39 is 0 Å². The van der Waals surface area contributed by atoms with Crippen molar-refractivity contribution in [3.05, 3.63) is 65.7 Å². The Bertz CT molecular complexity index is 583. The van der Waals surface area contributed by atoms with E-state index in [4.69, 9.17) is 5.11 Å². The maximum absolute atomic E-state index is 11.8. The van der Waals surface area contributed by atoms with Crippen LogP contribution >= 0.6 is 0 Å². The fraction of sp³-hybridized carbons (Fsp3) is 0. The Morgan fingerprint density at radius 1 is 1.11 bits per heavy atom. The van der Waals surface area contributed by atoms with Crippen molar-refractivity contribution in [3.8, 4) is 11.5 Å². The first-order valence-electron chi connectivity index (χ1n) is 5.37. The lowest BCUT2D eigenvalue weighted by Crippen LogP contribution is -1.94. The van der Waals surface area contributed by atoms with Gasteiger partial charge in [0.2, 0.25) is 0 Å². The van der Waals surface area contributed by atoms with Gasteiger partial charge in [0.15, 0.2) is 5.78 Å². The molecule has 2 N–H and O–H groups in total. The molecule has 0 saturated carbocycles. The highest BCUT2D eigenvalue weighted by molar-refractivity contribution is 6.08. The van der Waals surface area contributed by atoms with Crippen LogP contribution in [0.2, 0.25) is 0 Å². The molecule has 2 aromatic carbocycles. The zero-order chi connectivity index (χ0) is 13.0. The first-order valence-corrected chi connectivity index (χ1v) is 5.37. The standard InChI is InChI=1S/C15H11O3/c16-12-8-5-11(6-9-12)7-10-15(18)13-3-1-2-4-14(13)17/h1,3-10,16-17H/b10-7+. The van der Waals surface area contributed by atoms with Gasteiger partial charge in [0.1, 0.15) is 11.5 Å². The van der Waals surface area contributed by atoms with Crippen LogP contribution in [0.5, 0.6) is 11.5 Å². The predicted molar refractivity (Wildman–Crippen MR) is 68.4 cm³/mol. The van der Waals surface area contributed by atoms with Crippen molar-refractivity contribution in [1.82, 2.24) is 0 Å². The average molecular weight is 239 g/mol. The fourth-order valence-electron chi connectivity index (χ4n) is 1.48. The molecule has 0 heterocycles. The Morgan fingerprint density at radius 3 is 2.50 bits per heavy atom. The number of carbonyl (C=O) groups excluding carboxylic acids is 1. The Morgan fingerprint density at radius 2 is 1.83 bits per heavy atom. The third-order valence-electron chi connectivity index (χ3n) is 2.43. The smallest absolute Gasteiger partial charge is 0.189 e. The van der Waals surface area contributed by atoms with Gasteiger partial charge < -0.3 is 10.2 Å². The quantitative estimate of drug-likeness (QED) is 0.639. The van der Waals surface area contributed by atoms with Crippen LogP contribution in [-0.2, 0) is 0 Å². The molecule has 2 rings (SSSR count). The van der Waals surface area contributed by atoms with E-state index in [1.807, 2.05) is 0 Å². The van der Waals surface area contributed by atoms with Gasteiger partial charge in [0.05, 0.1) is 5.56 Å². The topological polar surface area (TPSA) is 57.5 Å². The third-order valence-corrected chi connectivity index (χ3v) is 2.43. The van der Waals surface area contributed by atoms with Crippen LogP contribution in [0.3, 0.4) is 0 Å². The van der Waals surface area contributed by atoms with Gasteiger partial charge in [0.25, 0.3) is 0 Å². The minimum absolute atomic E-state index is 0.0853. The minimum Gasteiger partial charge on any atom is -0.508 e. The molecular weight excluding hydrogens is 228 g/mol. The number of phenols is 2. The highest BCUT2D eigenvalue weighted by atomic mass is 16.3. The van der Waals surface area contributed by atoms with E-state index in [1.54, 1.807) is 36.4 Å². The summed E-state index contributed by atoms with van der Waals surface area (Å²) in [4.78, 5) is 11.8. The molecule has 3 nitrogen and oxygen atoms in total. The summed E-state index contributed by atoms with van der Waals surface area (Å²) in [7, 11) is 0. The van der Waals surface area contributed by atoms with Crippen LogP contribution in [0.4, 0.5) is 0 Å². The number of aromatic hydroxyl groups is 2. The maximum atomic E-state index is 11.8. The van der Waals surface area contributed by atoms with Crippen molar-refractivity contribution in [2.24, 2.45) is 0 Å². The molecule has 0 aromatic heterocycles. The van der Waals surface area contributed by atoms with Gasteiger partial charge in [-0.15, -0.1) is 0 Å². The molecule has 0 bridgehead atoms. The third kappa shape index (κ3) is 2.77. The van der Waals surface area contributed by atoms with Gasteiger partial charge in [-0.05, 0) is 42.0 Å². The summed E-state index contributed by atoms with van der Waals surface area (Å²) in [5.41, 5.74) is 1.03. The Hall–Kier alpha value is -2.55. The van der Waals surface area contributed by atoms with Crippen molar-refractivity contribution in [3.63, 3.8) is 0 Å². The van der Waals surface area contributed by atoms with Crippen LogP contribution in [-0.4, -0.2) is 16.0 Å². The van der Waals surface area contributed by atoms with E-state index in [-0.39, 0.29) is 22.8 Å². The molecule has 1 radical (unpaired) electrons. The summed E-state index contributed by atoms with van der Waals surface area (Å²) in [5.74, 6) is -0.192. The Labute approximate surface area is 105 Å². The minimum atomic E-state index is -0.283. The highest BCUT2D eigenvalue weighted by Gasteiger charge is 2.06. The lowest BCUT2D eigenvalue weighted by Gasteiger charge is -1.99. The first kappa shape index (κ1) is 11.9. The number of rotatable bonds is 3. The number of allylic oxidation sites excluding steroid dienone is 1. The number of benzene rings is 2. The molecule has 0 saturated heterocycles. The zero-order valence-corrected chi connectivity index (χ0v) is 9.50. The highest BCUT2D eigenvalue weighted by Crippen LogP contribution is 2.17. The summed E-state index contributed by atoms with van der Waals surface area (Å²) in [6.45, 7) is 0. The van der Waals surface area contributed by atoms with Crippen molar-refractivity contribution in [2.75, 3.05) is 0 Å².